The number of anilines is 1. The van der Waals surface area contributed by atoms with Gasteiger partial charge in [0.25, 0.3) is 0 Å². The van der Waals surface area contributed by atoms with E-state index in [0.29, 0.717) is 11.7 Å². The molecule has 0 amide bonds. The van der Waals surface area contributed by atoms with Crippen LogP contribution in [0.5, 0.6) is 0 Å². The van der Waals surface area contributed by atoms with Gasteiger partial charge >= 0.3 is 0 Å². The normalized spacial score (nSPS) is 10.9. The Kier molecular flexibility index (Phi) is 3.87. The summed E-state index contributed by atoms with van der Waals surface area (Å²) in [5, 5.41) is 3.72. The van der Waals surface area contributed by atoms with E-state index < -0.39 is 0 Å². The molecule has 2 aromatic rings. The van der Waals surface area contributed by atoms with Crippen molar-refractivity contribution < 1.29 is 4.42 Å². The number of nitrogens with one attached hydrogen (secondary N) is 1. The van der Waals surface area contributed by atoms with Gasteiger partial charge in [-0.25, -0.2) is 9.97 Å². The molecule has 0 aliphatic rings. The summed E-state index contributed by atoms with van der Waals surface area (Å²) in [6.07, 6.45) is 1.65. The van der Waals surface area contributed by atoms with Crippen molar-refractivity contribution in [1.29, 1.82) is 0 Å². The lowest BCUT2D eigenvalue weighted by molar-refractivity contribution is 0.517. The molecule has 2 aromatic heterocycles. The molecule has 0 spiro atoms. The zero-order valence-electron chi connectivity index (χ0n) is 10.7. The molecule has 0 aliphatic heterocycles. The first-order valence-corrected chi connectivity index (χ1v) is 6.26. The predicted molar refractivity (Wildman–Crippen MR) is 71.9 cm³/mol. The topological polar surface area (TPSA) is 51.0 Å². The van der Waals surface area contributed by atoms with Crippen molar-refractivity contribution in [3.63, 3.8) is 0 Å². The van der Waals surface area contributed by atoms with Crippen molar-refractivity contribution in [2.75, 3.05) is 5.32 Å². The molecular formula is C13H16ClN3O. The van der Waals surface area contributed by atoms with E-state index in [0.717, 1.165) is 23.0 Å². The van der Waals surface area contributed by atoms with E-state index in [4.69, 9.17) is 16.0 Å². The highest BCUT2D eigenvalue weighted by atomic mass is 35.5. The monoisotopic (exact) mass is 265 g/mol. The van der Waals surface area contributed by atoms with Crippen LogP contribution in [0, 0.1) is 6.92 Å². The molecule has 5 heteroatoms. The molecule has 0 radical (unpaired) electrons. The van der Waals surface area contributed by atoms with Gasteiger partial charge in [0, 0.05) is 11.5 Å². The number of halogens is 1. The van der Waals surface area contributed by atoms with Gasteiger partial charge in [0.15, 0.2) is 0 Å². The van der Waals surface area contributed by atoms with Gasteiger partial charge in [-0.15, -0.1) is 0 Å². The minimum Gasteiger partial charge on any atom is -0.467 e. The Balaban J connectivity index is 2.20. The van der Waals surface area contributed by atoms with Crippen LogP contribution in [-0.4, -0.2) is 9.97 Å². The van der Waals surface area contributed by atoms with Gasteiger partial charge in [-0.05, 0) is 19.1 Å². The van der Waals surface area contributed by atoms with Gasteiger partial charge in [-0.3, -0.25) is 0 Å². The molecule has 2 heterocycles. The number of hydrogen-bond donors (Lipinski definition) is 1. The lowest BCUT2D eigenvalue weighted by Crippen LogP contribution is -2.07. The zero-order valence-corrected chi connectivity index (χ0v) is 11.5. The highest BCUT2D eigenvalue weighted by molar-refractivity contribution is 6.30. The molecule has 18 heavy (non-hydrogen) atoms. The van der Waals surface area contributed by atoms with Gasteiger partial charge in [0.05, 0.1) is 12.8 Å². The maximum atomic E-state index is 6.11. The van der Waals surface area contributed by atoms with Crippen LogP contribution < -0.4 is 5.32 Å². The molecule has 4 nitrogen and oxygen atoms in total. The molecule has 0 aliphatic carbocycles. The number of aromatic nitrogens is 2. The minimum atomic E-state index is 0.243. The molecule has 96 valence electrons. The van der Waals surface area contributed by atoms with Crippen molar-refractivity contribution in [2.45, 2.75) is 33.2 Å². The number of rotatable bonds is 4. The molecule has 0 aromatic carbocycles. The van der Waals surface area contributed by atoms with Crippen LogP contribution >= 0.6 is 11.6 Å². The smallest absolute Gasteiger partial charge is 0.137 e. The Morgan fingerprint density at radius 1 is 1.39 bits per heavy atom. The van der Waals surface area contributed by atoms with E-state index in [2.05, 4.69) is 15.3 Å². The molecule has 0 unspecified atom stereocenters. The fourth-order valence-electron chi connectivity index (χ4n) is 1.52. The van der Waals surface area contributed by atoms with E-state index in [-0.39, 0.29) is 5.92 Å². The first kappa shape index (κ1) is 12.9. The first-order chi connectivity index (χ1) is 8.58. The number of furan rings is 1. The van der Waals surface area contributed by atoms with Crippen LogP contribution in [0.2, 0.25) is 5.15 Å². The van der Waals surface area contributed by atoms with E-state index in [1.807, 2.05) is 32.9 Å². The SMILES string of the molecule is Cc1c(Cl)nc(C(C)C)nc1NCc1ccco1. The Hall–Kier alpha value is -1.55. The molecule has 0 saturated carbocycles. The fraction of sp³-hybridized carbons (Fsp3) is 0.385. The van der Waals surface area contributed by atoms with Crippen molar-refractivity contribution in [3.05, 3.63) is 40.7 Å². The Bertz CT molecular complexity index is 523. The largest absolute Gasteiger partial charge is 0.467 e. The third kappa shape index (κ3) is 2.82. The summed E-state index contributed by atoms with van der Waals surface area (Å²) >= 11 is 6.11. The minimum absolute atomic E-state index is 0.243. The highest BCUT2D eigenvalue weighted by Crippen LogP contribution is 2.23. The van der Waals surface area contributed by atoms with Crippen LogP contribution in [0.1, 0.15) is 36.9 Å². The Labute approximate surface area is 111 Å². The molecule has 0 fully saturated rings. The number of hydrogen-bond acceptors (Lipinski definition) is 4. The average molecular weight is 266 g/mol. The first-order valence-electron chi connectivity index (χ1n) is 5.88. The summed E-state index contributed by atoms with van der Waals surface area (Å²) in [5.74, 6) is 2.60. The third-order valence-electron chi connectivity index (χ3n) is 2.63. The predicted octanol–water partition coefficient (Wildman–Crippen LogP) is 3.77. The summed E-state index contributed by atoms with van der Waals surface area (Å²) in [4.78, 5) is 8.75. The summed E-state index contributed by atoms with van der Waals surface area (Å²) in [6.45, 7) is 6.56. The van der Waals surface area contributed by atoms with Crippen molar-refractivity contribution in [1.82, 2.24) is 9.97 Å². The van der Waals surface area contributed by atoms with E-state index in [1.165, 1.54) is 0 Å². The second-order valence-electron chi connectivity index (χ2n) is 4.43. The van der Waals surface area contributed by atoms with Crippen LogP contribution in [0.15, 0.2) is 22.8 Å². The maximum absolute atomic E-state index is 6.11. The second-order valence-corrected chi connectivity index (χ2v) is 4.79. The Morgan fingerprint density at radius 3 is 2.78 bits per heavy atom. The lowest BCUT2D eigenvalue weighted by atomic mass is 10.2. The quantitative estimate of drug-likeness (QED) is 0.855. The molecule has 0 atom stereocenters. The van der Waals surface area contributed by atoms with Crippen molar-refractivity contribution >= 4 is 17.4 Å². The summed E-state index contributed by atoms with van der Waals surface area (Å²) < 4.78 is 5.26. The van der Waals surface area contributed by atoms with E-state index in [1.54, 1.807) is 6.26 Å². The maximum Gasteiger partial charge on any atom is 0.137 e. The summed E-state index contributed by atoms with van der Waals surface area (Å²) in [7, 11) is 0. The number of nitrogens with zero attached hydrogens (tertiary/aromatic N) is 2. The summed E-state index contributed by atoms with van der Waals surface area (Å²) in [6, 6.07) is 3.77. The van der Waals surface area contributed by atoms with Crippen LogP contribution in [-0.2, 0) is 6.54 Å². The third-order valence-corrected chi connectivity index (χ3v) is 3.00. The van der Waals surface area contributed by atoms with Gasteiger partial charge < -0.3 is 9.73 Å². The second kappa shape index (κ2) is 5.40. The van der Waals surface area contributed by atoms with Gasteiger partial charge in [-0.2, -0.15) is 0 Å². The van der Waals surface area contributed by atoms with Gasteiger partial charge in [0.2, 0.25) is 0 Å². The van der Waals surface area contributed by atoms with Crippen LogP contribution in [0.25, 0.3) is 0 Å². The summed E-state index contributed by atoms with van der Waals surface area (Å²) in [5.41, 5.74) is 0.854. The highest BCUT2D eigenvalue weighted by Gasteiger charge is 2.11. The van der Waals surface area contributed by atoms with Crippen molar-refractivity contribution in [2.24, 2.45) is 0 Å². The van der Waals surface area contributed by atoms with Gasteiger partial charge in [-0.1, -0.05) is 25.4 Å². The van der Waals surface area contributed by atoms with Gasteiger partial charge in [0.1, 0.15) is 22.6 Å². The van der Waals surface area contributed by atoms with Crippen molar-refractivity contribution in [3.8, 4) is 0 Å². The average Bonchev–Trinajstić information content (AvgIpc) is 2.83. The molecule has 2 rings (SSSR count). The molecular weight excluding hydrogens is 250 g/mol. The Morgan fingerprint density at radius 2 is 2.17 bits per heavy atom. The standard InChI is InChI=1S/C13H16ClN3O/c1-8(2)12-16-11(14)9(3)13(17-12)15-7-10-5-4-6-18-10/h4-6,8H,7H2,1-3H3,(H,15,16,17). The molecule has 1 N–H and O–H groups in total. The fourth-order valence-corrected chi connectivity index (χ4v) is 1.70. The van der Waals surface area contributed by atoms with Crippen LogP contribution in [0.3, 0.4) is 0 Å². The van der Waals surface area contributed by atoms with E-state index >= 15 is 0 Å². The van der Waals surface area contributed by atoms with Crippen LogP contribution in [0.4, 0.5) is 5.82 Å². The molecule has 0 bridgehead atoms. The lowest BCUT2D eigenvalue weighted by Gasteiger charge is -2.12. The molecule has 0 saturated heterocycles. The van der Waals surface area contributed by atoms with E-state index in [9.17, 15) is 0 Å². The zero-order chi connectivity index (χ0) is 13.1.